The summed E-state index contributed by atoms with van der Waals surface area (Å²) in [5, 5.41) is 12.1. The Morgan fingerprint density at radius 2 is 1.86 bits per heavy atom. The van der Waals surface area contributed by atoms with Gasteiger partial charge in [-0.1, -0.05) is 18.6 Å². The number of aliphatic carboxylic acids is 1. The summed E-state index contributed by atoms with van der Waals surface area (Å²) in [5.41, 5.74) is 0.227. The van der Waals surface area contributed by atoms with Crippen LogP contribution in [0.1, 0.15) is 37.7 Å². The van der Waals surface area contributed by atoms with E-state index in [4.69, 9.17) is 5.11 Å². The number of rotatable bonds is 4. The number of carbonyl (C=O) groups excluding carboxylic acids is 1. The molecule has 2 N–H and O–H groups in total. The maximum atomic E-state index is 13.0. The van der Waals surface area contributed by atoms with Gasteiger partial charge in [-0.05, 0) is 43.4 Å². The predicted molar refractivity (Wildman–Crippen MR) is 74.2 cm³/mol. The molecule has 2 atom stereocenters. The molecule has 1 amide bonds. The minimum atomic E-state index is -0.843. The Labute approximate surface area is 122 Å². The third-order valence-corrected chi connectivity index (χ3v) is 4.73. The molecule has 112 valence electrons. The van der Waals surface area contributed by atoms with E-state index in [0.717, 1.165) is 24.8 Å². The Morgan fingerprint density at radius 3 is 2.43 bits per heavy atom. The molecule has 0 spiro atoms. The van der Waals surface area contributed by atoms with E-state index in [2.05, 4.69) is 5.32 Å². The van der Waals surface area contributed by atoms with Crippen molar-refractivity contribution in [2.45, 2.75) is 43.6 Å². The molecule has 21 heavy (non-hydrogen) atoms. The lowest BCUT2D eigenvalue weighted by Crippen LogP contribution is -2.45. The van der Waals surface area contributed by atoms with Gasteiger partial charge in [0.25, 0.3) is 0 Å². The van der Waals surface area contributed by atoms with Gasteiger partial charge in [-0.25, -0.2) is 4.39 Å². The van der Waals surface area contributed by atoms with E-state index in [9.17, 15) is 14.0 Å². The third kappa shape index (κ3) is 2.52. The normalized spacial score (nSPS) is 26.3. The Balaban J connectivity index is 1.73. The molecular formula is C16H18FNO3. The van der Waals surface area contributed by atoms with Crippen LogP contribution in [0.15, 0.2) is 24.3 Å². The van der Waals surface area contributed by atoms with E-state index in [-0.39, 0.29) is 17.8 Å². The molecule has 5 heteroatoms. The lowest BCUT2D eigenvalue weighted by Gasteiger charge is -2.22. The van der Waals surface area contributed by atoms with Gasteiger partial charge in [0, 0.05) is 6.04 Å². The van der Waals surface area contributed by atoms with Crippen molar-refractivity contribution in [3.63, 3.8) is 0 Å². The summed E-state index contributed by atoms with van der Waals surface area (Å²) in [6, 6.07) is 5.72. The molecule has 2 aliphatic rings. The summed E-state index contributed by atoms with van der Waals surface area (Å²) < 4.78 is 13.0. The summed E-state index contributed by atoms with van der Waals surface area (Å²) in [4.78, 5) is 23.7. The highest BCUT2D eigenvalue weighted by atomic mass is 19.1. The highest BCUT2D eigenvalue weighted by molar-refractivity contribution is 5.91. The first-order valence-corrected chi connectivity index (χ1v) is 7.33. The minimum Gasteiger partial charge on any atom is -0.481 e. The van der Waals surface area contributed by atoms with Crippen molar-refractivity contribution in [2.24, 2.45) is 5.92 Å². The zero-order chi connectivity index (χ0) is 15.0. The van der Waals surface area contributed by atoms with Crippen LogP contribution in [-0.4, -0.2) is 23.0 Å². The lowest BCUT2D eigenvalue weighted by atomic mass is 9.93. The van der Waals surface area contributed by atoms with Crippen LogP contribution in [0.4, 0.5) is 4.39 Å². The zero-order valence-corrected chi connectivity index (χ0v) is 11.6. The fourth-order valence-electron chi connectivity index (χ4n) is 3.28. The van der Waals surface area contributed by atoms with Gasteiger partial charge in [0.2, 0.25) is 5.91 Å². The minimum absolute atomic E-state index is 0.118. The number of amides is 1. The van der Waals surface area contributed by atoms with Crippen LogP contribution in [0.3, 0.4) is 0 Å². The lowest BCUT2D eigenvalue weighted by molar-refractivity contribution is -0.142. The van der Waals surface area contributed by atoms with Crippen LogP contribution in [-0.2, 0) is 15.0 Å². The largest absolute Gasteiger partial charge is 0.481 e. The number of hydrogen-bond acceptors (Lipinski definition) is 2. The molecule has 0 aromatic heterocycles. The summed E-state index contributed by atoms with van der Waals surface area (Å²) in [6.07, 6.45) is 3.61. The van der Waals surface area contributed by atoms with Crippen LogP contribution >= 0.6 is 0 Å². The van der Waals surface area contributed by atoms with Gasteiger partial charge in [-0.3, -0.25) is 9.59 Å². The summed E-state index contributed by atoms with van der Waals surface area (Å²) in [5.74, 6) is -1.77. The fourth-order valence-corrected chi connectivity index (χ4v) is 3.28. The molecule has 4 nitrogen and oxygen atoms in total. The number of nitrogens with one attached hydrogen (secondary N) is 1. The van der Waals surface area contributed by atoms with Crippen LogP contribution in [0.2, 0.25) is 0 Å². The molecule has 2 fully saturated rings. The Bertz CT molecular complexity index is 565. The van der Waals surface area contributed by atoms with Crippen molar-refractivity contribution in [1.29, 1.82) is 0 Å². The van der Waals surface area contributed by atoms with Gasteiger partial charge in [0.05, 0.1) is 11.3 Å². The van der Waals surface area contributed by atoms with Crippen molar-refractivity contribution < 1.29 is 19.1 Å². The molecule has 3 rings (SSSR count). The summed E-state index contributed by atoms with van der Waals surface area (Å²) in [6.45, 7) is 0. The van der Waals surface area contributed by atoms with Crippen molar-refractivity contribution in [3.8, 4) is 0 Å². The quantitative estimate of drug-likeness (QED) is 0.894. The average molecular weight is 291 g/mol. The molecule has 0 radical (unpaired) electrons. The monoisotopic (exact) mass is 291 g/mol. The number of hydrogen-bond donors (Lipinski definition) is 2. The average Bonchev–Trinajstić information content (AvgIpc) is 3.13. The number of benzene rings is 1. The molecular weight excluding hydrogens is 273 g/mol. The molecule has 0 heterocycles. The number of carboxylic acid groups (broad SMARTS) is 1. The maximum Gasteiger partial charge on any atom is 0.308 e. The highest BCUT2D eigenvalue weighted by Crippen LogP contribution is 2.48. The van der Waals surface area contributed by atoms with Crippen LogP contribution in [0, 0.1) is 11.7 Å². The predicted octanol–water partition coefficient (Wildman–Crippen LogP) is 2.23. The van der Waals surface area contributed by atoms with Gasteiger partial charge >= 0.3 is 5.97 Å². The van der Waals surface area contributed by atoms with Crippen molar-refractivity contribution >= 4 is 11.9 Å². The molecule has 1 aromatic carbocycles. The summed E-state index contributed by atoms with van der Waals surface area (Å²) >= 11 is 0. The van der Waals surface area contributed by atoms with Crippen molar-refractivity contribution in [2.75, 3.05) is 0 Å². The first-order valence-electron chi connectivity index (χ1n) is 7.33. The first kappa shape index (κ1) is 14.0. The highest BCUT2D eigenvalue weighted by Gasteiger charge is 2.52. The van der Waals surface area contributed by atoms with E-state index in [1.807, 2.05) is 0 Å². The Hall–Kier alpha value is -1.91. The van der Waals surface area contributed by atoms with E-state index in [0.29, 0.717) is 12.8 Å². The van der Waals surface area contributed by atoms with Crippen molar-refractivity contribution in [1.82, 2.24) is 5.32 Å². The van der Waals surface area contributed by atoms with E-state index >= 15 is 0 Å². The Kier molecular flexibility index (Phi) is 3.43. The van der Waals surface area contributed by atoms with Crippen LogP contribution < -0.4 is 5.32 Å². The number of halogens is 1. The second-order valence-corrected chi connectivity index (χ2v) is 6.04. The van der Waals surface area contributed by atoms with Crippen LogP contribution in [0.25, 0.3) is 0 Å². The third-order valence-electron chi connectivity index (χ3n) is 4.73. The molecule has 2 aliphatic carbocycles. The zero-order valence-electron chi connectivity index (χ0n) is 11.6. The van der Waals surface area contributed by atoms with Gasteiger partial charge < -0.3 is 10.4 Å². The molecule has 0 saturated heterocycles. The van der Waals surface area contributed by atoms with Crippen LogP contribution in [0.5, 0.6) is 0 Å². The van der Waals surface area contributed by atoms with Gasteiger partial charge in [-0.2, -0.15) is 0 Å². The van der Waals surface area contributed by atoms with E-state index < -0.39 is 17.3 Å². The Morgan fingerprint density at radius 1 is 1.19 bits per heavy atom. The second-order valence-electron chi connectivity index (χ2n) is 6.04. The van der Waals surface area contributed by atoms with Gasteiger partial charge in [0.1, 0.15) is 5.82 Å². The molecule has 0 aliphatic heterocycles. The number of carboxylic acids is 1. The second kappa shape index (κ2) is 5.13. The van der Waals surface area contributed by atoms with E-state index in [1.165, 1.54) is 12.1 Å². The smallest absolute Gasteiger partial charge is 0.308 e. The maximum absolute atomic E-state index is 13.0. The first-order chi connectivity index (χ1) is 10.0. The van der Waals surface area contributed by atoms with Gasteiger partial charge in [0.15, 0.2) is 0 Å². The molecule has 0 bridgehead atoms. The summed E-state index contributed by atoms with van der Waals surface area (Å²) in [7, 11) is 0. The SMILES string of the molecule is O=C(O)C1CCCC1NC(=O)C1(c2ccc(F)cc2)CC1. The standard InChI is InChI=1S/C16H18FNO3/c17-11-6-4-10(5-7-11)16(8-9-16)15(21)18-13-3-1-2-12(13)14(19)20/h4-7,12-13H,1-3,8-9H2,(H,18,21)(H,19,20). The molecule has 2 saturated carbocycles. The van der Waals surface area contributed by atoms with Gasteiger partial charge in [-0.15, -0.1) is 0 Å². The van der Waals surface area contributed by atoms with Crippen molar-refractivity contribution in [3.05, 3.63) is 35.6 Å². The number of carbonyl (C=O) groups is 2. The fraction of sp³-hybridized carbons (Fsp3) is 0.500. The molecule has 2 unspecified atom stereocenters. The topological polar surface area (TPSA) is 66.4 Å². The molecule has 1 aromatic rings. The van der Waals surface area contributed by atoms with E-state index in [1.54, 1.807) is 12.1 Å².